The number of hydrogen-bond acceptors (Lipinski definition) is 1. The summed E-state index contributed by atoms with van der Waals surface area (Å²) in [5, 5.41) is 0. The average molecular weight is 151 g/mol. The highest BCUT2D eigenvalue weighted by Gasteiger charge is 2.27. The summed E-state index contributed by atoms with van der Waals surface area (Å²) >= 11 is 0. The van der Waals surface area contributed by atoms with Gasteiger partial charge in [-0.1, -0.05) is 11.1 Å². The zero-order valence-corrected chi connectivity index (χ0v) is 7.56. The summed E-state index contributed by atoms with van der Waals surface area (Å²) in [7, 11) is 2.24. The summed E-state index contributed by atoms with van der Waals surface area (Å²) in [6.07, 6.45) is 5.61. The van der Waals surface area contributed by atoms with Gasteiger partial charge in [-0.3, -0.25) is 4.90 Å². The molecule has 1 atom stereocenters. The molecule has 0 saturated carbocycles. The minimum Gasteiger partial charge on any atom is -0.296 e. The van der Waals surface area contributed by atoms with Gasteiger partial charge in [-0.15, -0.1) is 0 Å². The topological polar surface area (TPSA) is 3.24 Å². The number of hydrogen-bond donors (Lipinski definition) is 0. The van der Waals surface area contributed by atoms with Crippen molar-refractivity contribution in [3.05, 3.63) is 11.1 Å². The lowest BCUT2D eigenvalue weighted by Gasteiger charge is -2.18. The molecule has 0 radical (unpaired) electrons. The van der Waals surface area contributed by atoms with Crippen molar-refractivity contribution in [2.75, 3.05) is 13.6 Å². The van der Waals surface area contributed by atoms with E-state index in [4.69, 9.17) is 0 Å². The highest BCUT2D eigenvalue weighted by Crippen LogP contribution is 2.34. The van der Waals surface area contributed by atoms with Crippen molar-refractivity contribution in [1.29, 1.82) is 0 Å². The van der Waals surface area contributed by atoms with Crippen LogP contribution in [0.2, 0.25) is 0 Å². The predicted molar refractivity (Wildman–Crippen MR) is 47.6 cm³/mol. The highest BCUT2D eigenvalue weighted by molar-refractivity contribution is 5.28. The summed E-state index contributed by atoms with van der Waals surface area (Å²) in [5.41, 5.74) is 3.52. The average Bonchev–Trinajstić information content (AvgIpc) is 2.30. The van der Waals surface area contributed by atoms with Crippen molar-refractivity contribution in [3.8, 4) is 0 Å². The zero-order valence-electron chi connectivity index (χ0n) is 7.56. The third-order valence-corrected chi connectivity index (χ3v) is 3.23. The first kappa shape index (κ1) is 7.35. The fourth-order valence-electron chi connectivity index (χ4n) is 2.38. The van der Waals surface area contributed by atoms with Crippen LogP contribution in [0.5, 0.6) is 0 Å². The van der Waals surface area contributed by atoms with Crippen LogP contribution in [-0.4, -0.2) is 24.5 Å². The molecular weight excluding hydrogens is 134 g/mol. The van der Waals surface area contributed by atoms with Gasteiger partial charge in [-0.2, -0.15) is 0 Å². The lowest BCUT2D eigenvalue weighted by atomic mass is 9.91. The van der Waals surface area contributed by atoms with Crippen LogP contribution in [0.25, 0.3) is 0 Å². The lowest BCUT2D eigenvalue weighted by molar-refractivity contribution is 0.338. The number of rotatable bonds is 0. The summed E-state index contributed by atoms with van der Waals surface area (Å²) in [5.74, 6) is 0. The molecule has 0 bridgehead atoms. The van der Waals surface area contributed by atoms with Crippen molar-refractivity contribution in [1.82, 2.24) is 4.90 Å². The summed E-state index contributed by atoms with van der Waals surface area (Å²) in [6.45, 7) is 3.59. The molecule has 0 fully saturated rings. The second-order valence-electron chi connectivity index (χ2n) is 3.93. The first-order chi connectivity index (χ1) is 5.29. The molecule has 62 valence electrons. The van der Waals surface area contributed by atoms with E-state index in [9.17, 15) is 0 Å². The Hall–Kier alpha value is -0.300. The Kier molecular flexibility index (Phi) is 1.76. The van der Waals surface area contributed by atoms with Crippen molar-refractivity contribution in [2.45, 2.75) is 38.6 Å². The maximum absolute atomic E-state index is 2.47. The molecule has 2 aliphatic rings. The molecule has 0 aromatic heterocycles. The molecule has 1 heterocycles. The number of likely N-dealkylation sites (N-methyl/N-ethyl adjacent to an activating group) is 1. The van der Waals surface area contributed by atoms with Gasteiger partial charge in [0.05, 0.1) is 0 Å². The SMILES string of the molecule is CC1C2=C(CCCC2)CN1C. The van der Waals surface area contributed by atoms with Gasteiger partial charge in [0.2, 0.25) is 0 Å². The van der Waals surface area contributed by atoms with Crippen LogP contribution in [0.1, 0.15) is 32.6 Å². The standard InChI is InChI=1S/C10H17N/c1-8-10-6-4-3-5-9(10)7-11(8)2/h8H,3-7H2,1-2H3. The van der Waals surface area contributed by atoms with Crippen LogP contribution in [0.3, 0.4) is 0 Å². The minimum absolute atomic E-state index is 0.741. The van der Waals surface area contributed by atoms with Crippen molar-refractivity contribution >= 4 is 0 Å². The summed E-state index contributed by atoms with van der Waals surface area (Å²) < 4.78 is 0. The van der Waals surface area contributed by atoms with Crippen LogP contribution in [-0.2, 0) is 0 Å². The Morgan fingerprint density at radius 2 is 2.00 bits per heavy atom. The van der Waals surface area contributed by atoms with Gasteiger partial charge >= 0.3 is 0 Å². The Labute approximate surface area is 69.1 Å². The van der Waals surface area contributed by atoms with Gasteiger partial charge in [0, 0.05) is 12.6 Å². The van der Waals surface area contributed by atoms with E-state index in [1.807, 2.05) is 0 Å². The minimum atomic E-state index is 0.741. The van der Waals surface area contributed by atoms with Crippen LogP contribution in [0.4, 0.5) is 0 Å². The van der Waals surface area contributed by atoms with Crippen LogP contribution < -0.4 is 0 Å². The maximum Gasteiger partial charge on any atom is 0.0282 e. The van der Waals surface area contributed by atoms with Crippen molar-refractivity contribution in [2.24, 2.45) is 0 Å². The van der Waals surface area contributed by atoms with Crippen molar-refractivity contribution < 1.29 is 0 Å². The summed E-state index contributed by atoms with van der Waals surface area (Å²) in [4.78, 5) is 2.47. The Balaban J connectivity index is 2.20. The first-order valence-electron chi connectivity index (χ1n) is 4.70. The molecule has 1 nitrogen and oxygen atoms in total. The molecule has 1 aliphatic carbocycles. The largest absolute Gasteiger partial charge is 0.296 e. The lowest BCUT2D eigenvalue weighted by Crippen LogP contribution is -2.24. The van der Waals surface area contributed by atoms with E-state index in [1.165, 1.54) is 32.2 Å². The van der Waals surface area contributed by atoms with E-state index >= 15 is 0 Å². The summed E-state index contributed by atoms with van der Waals surface area (Å²) in [6, 6.07) is 0.741. The van der Waals surface area contributed by atoms with E-state index in [0.717, 1.165) is 6.04 Å². The first-order valence-corrected chi connectivity index (χ1v) is 4.70. The van der Waals surface area contributed by atoms with Crippen LogP contribution in [0.15, 0.2) is 11.1 Å². The quantitative estimate of drug-likeness (QED) is 0.480. The van der Waals surface area contributed by atoms with E-state index in [0.29, 0.717) is 0 Å². The molecule has 0 saturated heterocycles. The molecule has 1 unspecified atom stereocenters. The van der Waals surface area contributed by atoms with Gasteiger partial charge in [0.1, 0.15) is 0 Å². The third kappa shape index (κ3) is 1.12. The van der Waals surface area contributed by atoms with E-state index < -0.39 is 0 Å². The van der Waals surface area contributed by atoms with E-state index in [2.05, 4.69) is 18.9 Å². The van der Waals surface area contributed by atoms with Crippen LogP contribution >= 0.6 is 0 Å². The normalized spacial score (nSPS) is 32.7. The van der Waals surface area contributed by atoms with Crippen molar-refractivity contribution in [3.63, 3.8) is 0 Å². The third-order valence-electron chi connectivity index (χ3n) is 3.23. The number of nitrogens with zero attached hydrogens (tertiary/aromatic N) is 1. The van der Waals surface area contributed by atoms with Crippen LogP contribution in [0, 0.1) is 0 Å². The molecule has 0 N–H and O–H groups in total. The van der Waals surface area contributed by atoms with E-state index in [-0.39, 0.29) is 0 Å². The van der Waals surface area contributed by atoms with Gasteiger partial charge in [-0.25, -0.2) is 0 Å². The fraction of sp³-hybridized carbons (Fsp3) is 0.800. The molecule has 11 heavy (non-hydrogen) atoms. The maximum atomic E-state index is 2.47. The predicted octanol–water partition coefficient (Wildman–Crippen LogP) is 2.19. The zero-order chi connectivity index (χ0) is 7.84. The highest BCUT2D eigenvalue weighted by atomic mass is 15.1. The van der Waals surface area contributed by atoms with E-state index in [1.54, 1.807) is 11.1 Å². The second-order valence-corrected chi connectivity index (χ2v) is 3.93. The monoisotopic (exact) mass is 151 g/mol. The second kappa shape index (κ2) is 2.63. The Bertz CT molecular complexity index is 193. The molecule has 0 aromatic rings. The molecule has 1 aliphatic heterocycles. The van der Waals surface area contributed by atoms with Gasteiger partial charge in [-0.05, 0) is 39.7 Å². The molecule has 0 aromatic carbocycles. The smallest absolute Gasteiger partial charge is 0.0282 e. The Morgan fingerprint density at radius 1 is 1.27 bits per heavy atom. The Morgan fingerprint density at radius 3 is 2.73 bits per heavy atom. The van der Waals surface area contributed by atoms with Gasteiger partial charge < -0.3 is 0 Å². The molecule has 1 heteroatoms. The van der Waals surface area contributed by atoms with Gasteiger partial charge in [0.25, 0.3) is 0 Å². The van der Waals surface area contributed by atoms with Gasteiger partial charge in [0.15, 0.2) is 0 Å². The molecule has 0 spiro atoms. The molecule has 0 amide bonds. The fourth-order valence-corrected chi connectivity index (χ4v) is 2.38. The molecule has 2 rings (SSSR count). The molecular formula is C10H17N.